The monoisotopic (exact) mass is 416 g/mol. The Morgan fingerprint density at radius 2 is 2.10 bits per heavy atom. The van der Waals surface area contributed by atoms with E-state index in [0.717, 1.165) is 10.9 Å². The molecule has 3 heterocycles. The Hall–Kier alpha value is -3.53. The molecule has 0 aliphatic carbocycles. The average molecular weight is 417 g/mol. The number of hydrogen-bond donors (Lipinski definition) is 2. The lowest BCUT2D eigenvalue weighted by Crippen LogP contribution is -2.20. The predicted molar refractivity (Wildman–Crippen MR) is 102 cm³/mol. The van der Waals surface area contributed by atoms with Crippen LogP contribution >= 0.6 is 11.6 Å². The van der Waals surface area contributed by atoms with Crippen molar-refractivity contribution in [2.45, 2.75) is 19.4 Å². The van der Waals surface area contributed by atoms with Gasteiger partial charge >= 0.3 is 5.97 Å². The van der Waals surface area contributed by atoms with E-state index in [-0.39, 0.29) is 27.6 Å². The maximum Gasteiger partial charge on any atom is 0.338 e. The first-order valence-electron chi connectivity index (χ1n) is 8.59. The van der Waals surface area contributed by atoms with Crippen molar-refractivity contribution in [3.05, 3.63) is 69.1 Å². The van der Waals surface area contributed by atoms with Gasteiger partial charge in [-0.05, 0) is 30.2 Å². The third-order valence-electron chi connectivity index (χ3n) is 4.44. The van der Waals surface area contributed by atoms with Gasteiger partial charge < -0.3 is 5.11 Å². The molecule has 2 N–H and O–H groups in total. The molecule has 0 amide bonds. The first-order chi connectivity index (χ1) is 13.9. The van der Waals surface area contributed by atoms with Crippen LogP contribution in [-0.4, -0.2) is 40.6 Å². The fourth-order valence-electron chi connectivity index (χ4n) is 3.17. The van der Waals surface area contributed by atoms with Crippen LogP contribution in [-0.2, 0) is 0 Å². The largest absolute Gasteiger partial charge is 0.478 e. The summed E-state index contributed by atoms with van der Waals surface area (Å²) in [5.74, 6) is -1.58. The third-order valence-corrected chi connectivity index (χ3v) is 4.66. The molecule has 9 nitrogen and oxygen atoms in total. The van der Waals surface area contributed by atoms with Crippen molar-refractivity contribution in [3.8, 4) is 5.95 Å². The van der Waals surface area contributed by atoms with Gasteiger partial charge in [0.15, 0.2) is 5.52 Å². The van der Waals surface area contributed by atoms with Crippen molar-refractivity contribution in [1.29, 1.82) is 0 Å². The lowest BCUT2D eigenvalue weighted by Gasteiger charge is -2.17. The molecule has 1 atom stereocenters. The summed E-state index contributed by atoms with van der Waals surface area (Å²) in [6.45, 7) is 1.88. The number of aromatic nitrogens is 6. The number of aromatic carboxylic acids is 1. The number of benzene rings is 1. The van der Waals surface area contributed by atoms with Crippen LogP contribution in [0.5, 0.6) is 0 Å². The SMILES string of the molecule is CCC(c1cc(F)cc(Cl)c1)n1ncc2nc(-n3cc(C(=O)O)cn3)[nH]c(=O)c21. The summed E-state index contributed by atoms with van der Waals surface area (Å²) < 4.78 is 16.4. The first-order valence-corrected chi connectivity index (χ1v) is 8.97. The van der Waals surface area contributed by atoms with Crippen molar-refractivity contribution >= 4 is 28.6 Å². The molecule has 29 heavy (non-hydrogen) atoms. The molecule has 1 unspecified atom stereocenters. The lowest BCUT2D eigenvalue weighted by atomic mass is 10.0. The summed E-state index contributed by atoms with van der Waals surface area (Å²) in [5, 5.41) is 17.4. The maximum absolute atomic E-state index is 13.8. The highest BCUT2D eigenvalue weighted by molar-refractivity contribution is 6.30. The van der Waals surface area contributed by atoms with Crippen molar-refractivity contribution in [2.24, 2.45) is 0 Å². The summed E-state index contributed by atoms with van der Waals surface area (Å²) in [4.78, 5) is 30.7. The zero-order valence-corrected chi connectivity index (χ0v) is 15.8. The molecule has 0 saturated heterocycles. The second-order valence-electron chi connectivity index (χ2n) is 6.32. The van der Waals surface area contributed by atoms with Crippen molar-refractivity contribution in [3.63, 3.8) is 0 Å². The van der Waals surface area contributed by atoms with Gasteiger partial charge in [0.25, 0.3) is 5.56 Å². The molecule has 3 aromatic heterocycles. The predicted octanol–water partition coefficient (Wildman–Crippen LogP) is 2.80. The van der Waals surface area contributed by atoms with Crippen LogP contribution < -0.4 is 5.56 Å². The summed E-state index contributed by atoms with van der Waals surface area (Å²) in [6, 6.07) is 3.74. The minimum Gasteiger partial charge on any atom is -0.478 e. The number of H-pyrrole nitrogens is 1. The minimum atomic E-state index is -1.15. The summed E-state index contributed by atoms with van der Waals surface area (Å²) in [5.41, 5.74) is 0.529. The van der Waals surface area contributed by atoms with Gasteiger partial charge in [-0.2, -0.15) is 10.2 Å². The fourth-order valence-corrected chi connectivity index (χ4v) is 3.40. The smallest absolute Gasteiger partial charge is 0.338 e. The van der Waals surface area contributed by atoms with Gasteiger partial charge in [0.2, 0.25) is 5.95 Å². The van der Waals surface area contributed by atoms with E-state index >= 15 is 0 Å². The zero-order chi connectivity index (χ0) is 20.7. The third kappa shape index (κ3) is 3.38. The molecule has 0 spiro atoms. The molecule has 0 fully saturated rings. The first kappa shape index (κ1) is 18.8. The molecule has 1 aromatic carbocycles. The Morgan fingerprint density at radius 3 is 2.76 bits per heavy atom. The normalized spacial score (nSPS) is 12.4. The van der Waals surface area contributed by atoms with Gasteiger partial charge in [-0.1, -0.05) is 18.5 Å². The van der Waals surface area contributed by atoms with Crippen molar-refractivity contribution in [1.82, 2.24) is 29.5 Å². The Balaban J connectivity index is 1.82. The molecule has 4 rings (SSSR count). The zero-order valence-electron chi connectivity index (χ0n) is 15.0. The van der Waals surface area contributed by atoms with Gasteiger partial charge in [0.1, 0.15) is 11.3 Å². The number of hydrogen-bond acceptors (Lipinski definition) is 5. The molecular formula is C18H14ClFN6O3. The minimum absolute atomic E-state index is 0.0440. The Labute approximate surface area is 167 Å². The van der Waals surface area contributed by atoms with Gasteiger partial charge in [-0.15, -0.1) is 0 Å². The highest BCUT2D eigenvalue weighted by atomic mass is 35.5. The van der Waals surface area contributed by atoms with E-state index < -0.39 is 23.4 Å². The number of nitrogens with one attached hydrogen (secondary N) is 1. The van der Waals surface area contributed by atoms with Crippen LogP contribution in [0.25, 0.3) is 17.0 Å². The number of carboxylic acid groups (broad SMARTS) is 1. The van der Waals surface area contributed by atoms with Crippen molar-refractivity contribution in [2.75, 3.05) is 0 Å². The van der Waals surface area contributed by atoms with Crippen LogP contribution in [0.2, 0.25) is 5.02 Å². The molecule has 11 heteroatoms. The van der Waals surface area contributed by atoms with Gasteiger partial charge in [0, 0.05) is 11.2 Å². The molecule has 0 aliphatic rings. The van der Waals surface area contributed by atoms with E-state index in [9.17, 15) is 14.0 Å². The van der Waals surface area contributed by atoms with E-state index in [0.29, 0.717) is 12.0 Å². The second-order valence-corrected chi connectivity index (χ2v) is 6.75. The van der Waals surface area contributed by atoms with E-state index in [1.54, 1.807) is 6.07 Å². The van der Waals surface area contributed by atoms with E-state index in [1.807, 2.05) is 6.92 Å². The molecule has 0 aliphatic heterocycles. The number of halogens is 2. The molecule has 0 saturated carbocycles. The second kappa shape index (κ2) is 7.13. The van der Waals surface area contributed by atoms with Crippen LogP contribution in [0.4, 0.5) is 4.39 Å². The van der Waals surface area contributed by atoms with Gasteiger partial charge in [-0.25, -0.2) is 18.9 Å². The molecule has 148 valence electrons. The van der Waals surface area contributed by atoms with E-state index in [1.165, 1.54) is 29.2 Å². The molecule has 0 bridgehead atoms. The number of nitrogens with zero attached hydrogens (tertiary/aromatic N) is 5. The Morgan fingerprint density at radius 1 is 1.31 bits per heavy atom. The standard InChI is InChI=1S/C18H14ClFN6O3/c1-2-14(9-3-11(19)5-12(20)4-9)26-15-13(7-22-26)23-18(24-16(15)27)25-8-10(6-21-25)17(28)29/h3-8,14H,2H2,1H3,(H,28,29)(H,23,24,27). The van der Waals surface area contributed by atoms with Gasteiger partial charge in [-0.3, -0.25) is 14.5 Å². The highest BCUT2D eigenvalue weighted by Gasteiger charge is 2.20. The summed E-state index contributed by atoms with van der Waals surface area (Å²) in [6.07, 6.45) is 4.33. The number of carbonyl (C=O) groups is 1. The number of rotatable bonds is 5. The number of carboxylic acids is 1. The fraction of sp³-hybridized carbons (Fsp3) is 0.167. The van der Waals surface area contributed by atoms with Crippen LogP contribution in [0, 0.1) is 5.82 Å². The number of aromatic amines is 1. The Kier molecular flexibility index (Phi) is 4.63. The number of fused-ring (bicyclic) bond motifs is 1. The van der Waals surface area contributed by atoms with E-state index in [2.05, 4.69) is 20.2 Å². The Bertz CT molecular complexity index is 1270. The van der Waals surface area contributed by atoms with Crippen LogP contribution in [0.3, 0.4) is 0 Å². The maximum atomic E-state index is 13.8. The highest BCUT2D eigenvalue weighted by Crippen LogP contribution is 2.27. The molecule has 0 radical (unpaired) electrons. The van der Waals surface area contributed by atoms with Gasteiger partial charge in [0.05, 0.1) is 24.0 Å². The van der Waals surface area contributed by atoms with Crippen LogP contribution in [0.1, 0.15) is 35.3 Å². The summed E-state index contributed by atoms with van der Waals surface area (Å²) >= 11 is 5.97. The van der Waals surface area contributed by atoms with Crippen molar-refractivity contribution < 1.29 is 14.3 Å². The average Bonchev–Trinajstić information content (AvgIpc) is 3.29. The molecular weight excluding hydrogens is 403 g/mol. The topological polar surface area (TPSA) is 119 Å². The lowest BCUT2D eigenvalue weighted by molar-refractivity contribution is 0.0697. The summed E-state index contributed by atoms with van der Waals surface area (Å²) in [7, 11) is 0. The van der Waals surface area contributed by atoms with E-state index in [4.69, 9.17) is 16.7 Å². The molecule has 4 aromatic rings. The quantitative estimate of drug-likeness (QED) is 0.516. The van der Waals surface area contributed by atoms with Crippen LogP contribution in [0.15, 0.2) is 41.6 Å².